The van der Waals surface area contributed by atoms with Crippen LogP contribution in [0.5, 0.6) is 0 Å². The number of rotatable bonds is 5. The van der Waals surface area contributed by atoms with E-state index in [9.17, 15) is 4.79 Å². The fourth-order valence-corrected chi connectivity index (χ4v) is 5.51. The highest BCUT2D eigenvalue weighted by molar-refractivity contribution is 5.70. The maximum absolute atomic E-state index is 12.3. The van der Waals surface area contributed by atoms with Gasteiger partial charge in [0.15, 0.2) is 0 Å². The van der Waals surface area contributed by atoms with Crippen LogP contribution in [0.1, 0.15) is 67.2 Å². The minimum Gasteiger partial charge on any atom is -0.466 e. The fraction of sp³-hybridized carbons (Fsp3) is 0.950. The molecule has 4 nitrogen and oxygen atoms in total. The molecule has 2 aliphatic carbocycles. The molecule has 6 unspecified atom stereocenters. The van der Waals surface area contributed by atoms with Crippen molar-refractivity contribution in [3.8, 4) is 0 Å². The van der Waals surface area contributed by atoms with E-state index in [1.807, 2.05) is 0 Å². The predicted octanol–water partition coefficient (Wildman–Crippen LogP) is 3.72. The van der Waals surface area contributed by atoms with Crippen molar-refractivity contribution in [1.29, 1.82) is 0 Å². The molecule has 4 rings (SSSR count). The summed E-state index contributed by atoms with van der Waals surface area (Å²) in [5, 5.41) is 0. The van der Waals surface area contributed by atoms with Crippen LogP contribution in [0, 0.1) is 22.7 Å². The molecule has 0 radical (unpaired) electrons. The zero-order valence-corrected chi connectivity index (χ0v) is 16.0. The van der Waals surface area contributed by atoms with E-state index in [-0.39, 0.29) is 28.0 Å². The van der Waals surface area contributed by atoms with Gasteiger partial charge in [-0.3, -0.25) is 4.79 Å². The first kappa shape index (κ1) is 16.8. The molecular weight excluding hydrogens is 304 g/mol. The van der Waals surface area contributed by atoms with Crippen molar-refractivity contribution in [3.05, 3.63) is 0 Å². The number of ether oxygens (including phenoxy) is 3. The molecule has 2 saturated heterocycles. The lowest BCUT2D eigenvalue weighted by molar-refractivity contribution is -0.147. The summed E-state index contributed by atoms with van der Waals surface area (Å²) in [5.41, 5.74) is 0.246. The van der Waals surface area contributed by atoms with Crippen LogP contribution in [0.3, 0.4) is 0 Å². The van der Waals surface area contributed by atoms with E-state index in [1.54, 1.807) is 0 Å². The molecule has 0 aromatic rings. The van der Waals surface area contributed by atoms with Gasteiger partial charge in [-0.05, 0) is 55.8 Å². The van der Waals surface area contributed by atoms with Gasteiger partial charge >= 0.3 is 5.97 Å². The maximum atomic E-state index is 12.3. The molecule has 0 N–H and O–H groups in total. The van der Waals surface area contributed by atoms with Crippen LogP contribution in [-0.4, -0.2) is 36.0 Å². The van der Waals surface area contributed by atoms with Gasteiger partial charge in [-0.15, -0.1) is 0 Å². The Bertz CT molecular complexity index is 568. The third-order valence-electron chi connectivity index (χ3n) is 8.63. The number of hydrogen-bond acceptors (Lipinski definition) is 4. The lowest BCUT2D eigenvalue weighted by atomic mass is 9.73. The SMILES string of the molecule is CC1(C)C(CCOC(=O)CC2CC3OC3(C)C2(C)C)CC2OC21C. The quantitative estimate of drug-likeness (QED) is 0.567. The topological polar surface area (TPSA) is 51.4 Å². The number of esters is 1. The summed E-state index contributed by atoms with van der Waals surface area (Å²) in [7, 11) is 0. The summed E-state index contributed by atoms with van der Waals surface area (Å²) in [6.07, 6.45) is 4.34. The van der Waals surface area contributed by atoms with Crippen LogP contribution in [-0.2, 0) is 19.0 Å². The zero-order valence-electron chi connectivity index (χ0n) is 16.0. The molecule has 4 aliphatic rings. The maximum Gasteiger partial charge on any atom is 0.306 e. The Balaban J connectivity index is 1.24. The van der Waals surface area contributed by atoms with Gasteiger partial charge in [-0.1, -0.05) is 27.7 Å². The van der Waals surface area contributed by atoms with E-state index >= 15 is 0 Å². The molecule has 0 aromatic heterocycles. The van der Waals surface area contributed by atoms with Gasteiger partial charge in [0, 0.05) is 6.42 Å². The number of epoxide rings is 2. The smallest absolute Gasteiger partial charge is 0.306 e. The largest absolute Gasteiger partial charge is 0.466 e. The Morgan fingerprint density at radius 2 is 1.42 bits per heavy atom. The van der Waals surface area contributed by atoms with Gasteiger partial charge in [0.25, 0.3) is 0 Å². The van der Waals surface area contributed by atoms with Crippen molar-refractivity contribution >= 4 is 5.97 Å². The van der Waals surface area contributed by atoms with Crippen LogP contribution in [0.4, 0.5) is 0 Å². The van der Waals surface area contributed by atoms with Crippen LogP contribution in [0.2, 0.25) is 0 Å². The number of carbonyl (C=O) groups excluding carboxylic acids is 1. The highest BCUT2D eigenvalue weighted by atomic mass is 16.6. The lowest BCUT2D eigenvalue weighted by Crippen LogP contribution is -2.35. The number of hydrogen-bond donors (Lipinski definition) is 0. The third-order valence-corrected chi connectivity index (χ3v) is 8.63. The predicted molar refractivity (Wildman–Crippen MR) is 90.5 cm³/mol. The van der Waals surface area contributed by atoms with Gasteiger partial charge in [-0.2, -0.15) is 0 Å². The van der Waals surface area contributed by atoms with E-state index in [4.69, 9.17) is 14.2 Å². The van der Waals surface area contributed by atoms with Gasteiger partial charge in [0.1, 0.15) is 0 Å². The van der Waals surface area contributed by atoms with Crippen molar-refractivity contribution in [1.82, 2.24) is 0 Å². The highest BCUT2D eigenvalue weighted by Crippen LogP contribution is 2.65. The summed E-state index contributed by atoms with van der Waals surface area (Å²) < 4.78 is 17.2. The van der Waals surface area contributed by atoms with Gasteiger partial charge in [-0.25, -0.2) is 0 Å². The van der Waals surface area contributed by atoms with Crippen molar-refractivity contribution < 1.29 is 19.0 Å². The van der Waals surface area contributed by atoms with Crippen molar-refractivity contribution in [2.24, 2.45) is 22.7 Å². The van der Waals surface area contributed by atoms with Gasteiger partial charge in [0.05, 0.1) is 30.0 Å². The summed E-state index contributed by atoms with van der Waals surface area (Å²) in [4.78, 5) is 12.3. The van der Waals surface area contributed by atoms with E-state index in [2.05, 4.69) is 41.5 Å². The van der Waals surface area contributed by atoms with Crippen LogP contribution >= 0.6 is 0 Å². The Morgan fingerprint density at radius 1 is 0.917 bits per heavy atom. The summed E-state index contributed by atoms with van der Waals surface area (Å²) in [6, 6.07) is 0. The second kappa shape index (κ2) is 4.76. The minimum absolute atomic E-state index is 0.0255. The second-order valence-corrected chi connectivity index (χ2v) is 9.95. The molecule has 0 bridgehead atoms. The fourth-order valence-electron chi connectivity index (χ4n) is 5.51. The third kappa shape index (κ3) is 2.08. The van der Waals surface area contributed by atoms with Crippen molar-refractivity contribution in [2.45, 2.75) is 90.6 Å². The first-order chi connectivity index (χ1) is 11.0. The van der Waals surface area contributed by atoms with Crippen LogP contribution in [0.25, 0.3) is 0 Å². The minimum atomic E-state index is -0.0404. The molecule has 4 fully saturated rings. The van der Waals surface area contributed by atoms with Gasteiger partial charge in [0.2, 0.25) is 0 Å². The Hall–Kier alpha value is -0.610. The molecule has 6 atom stereocenters. The van der Waals surface area contributed by atoms with E-state index in [0.29, 0.717) is 37.1 Å². The Kier molecular flexibility index (Phi) is 3.34. The molecule has 0 amide bonds. The standard InChI is InChI=1S/C20H32O4/c1-17(2)12(9-14-19(17,5)23-14)7-8-22-16(21)11-13-10-15-20(6,24-15)18(13,3)4/h12-15H,7-11H2,1-6H3. The highest BCUT2D eigenvalue weighted by Gasteiger charge is 2.70. The molecular formula is C20H32O4. The summed E-state index contributed by atoms with van der Waals surface area (Å²) >= 11 is 0. The number of fused-ring (bicyclic) bond motifs is 2. The Morgan fingerprint density at radius 3 is 1.88 bits per heavy atom. The summed E-state index contributed by atoms with van der Waals surface area (Å²) in [5.74, 6) is 0.912. The van der Waals surface area contributed by atoms with Crippen LogP contribution < -0.4 is 0 Å². The molecule has 4 heteroatoms. The monoisotopic (exact) mass is 336 g/mol. The molecule has 0 spiro atoms. The Labute approximate surface area is 145 Å². The molecule has 136 valence electrons. The lowest BCUT2D eigenvalue weighted by Gasteiger charge is -2.34. The molecule has 0 aromatic carbocycles. The van der Waals surface area contributed by atoms with Crippen molar-refractivity contribution in [2.75, 3.05) is 6.61 Å². The van der Waals surface area contributed by atoms with E-state index in [0.717, 1.165) is 19.3 Å². The van der Waals surface area contributed by atoms with Crippen LogP contribution in [0.15, 0.2) is 0 Å². The molecule has 2 heterocycles. The van der Waals surface area contributed by atoms with E-state index < -0.39 is 0 Å². The first-order valence-electron chi connectivity index (χ1n) is 9.53. The normalized spacial score (nSPS) is 49.4. The molecule has 24 heavy (non-hydrogen) atoms. The first-order valence-corrected chi connectivity index (χ1v) is 9.53. The van der Waals surface area contributed by atoms with Gasteiger partial charge < -0.3 is 14.2 Å². The molecule has 2 aliphatic heterocycles. The second-order valence-electron chi connectivity index (χ2n) is 9.95. The summed E-state index contributed by atoms with van der Waals surface area (Å²) in [6.45, 7) is 14.0. The average Bonchev–Trinajstić information content (AvgIpc) is 3.30. The average molecular weight is 336 g/mol. The molecule has 2 saturated carbocycles. The van der Waals surface area contributed by atoms with E-state index in [1.165, 1.54) is 0 Å². The number of carbonyl (C=O) groups is 1. The van der Waals surface area contributed by atoms with Crippen molar-refractivity contribution in [3.63, 3.8) is 0 Å². The zero-order chi connectivity index (χ0) is 17.5.